The third-order valence-corrected chi connectivity index (χ3v) is 3.84. The quantitative estimate of drug-likeness (QED) is 0.873. The predicted octanol–water partition coefficient (Wildman–Crippen LogP) is 2.30. The van der Waals surface area contributed by atoms with Gasteiger partial charge in [0.1, 0.15) is 6.54 Å². The molecule has 0 atom stereocenters. The van der Waals surface area contributed by atoms with Gasteiger partial charge < -0.3 is 14.7 Å². The van der Waals surface area contributed by atoms with Gasteiger partial charge in [0.05, 0.1) is 6.61 Å². The molecule has 0 spiro atoms. The summed E-state index contributed by atoms with van der Waals surface area (Å²) in [5.74, 6) is -1.17. The number of rotatable bonds is 6. The summed E-state index contributed by atoms with van der Waals surface area (Å²) < 4.78 is 5.04. The molecule has 0 radical (unpaired) electrons. The summed E-state index contributed by atoms with van der Waals surface area (Å²) in [6, 6.07) is 7.20. The Bertz CT molecular complexity index is 492. The predicted molar refractivity (Wildman–Crippen MR) is 78.1 cm³/mol. The number of benzene rings is 1. The topological polar surface area (TPSA) is 66.8 Å². The molecule has 0 unspecified atom stereocenters. The van der Waals surface area contributed by atoms with Gasteiger partial charge in [-0.3, -0.25) is 9.59 Å². The van der Waals surface area contributed by atoms with E-state index >= 15 is 0 Å². The van der Waals surface area contributed by atoms with Gasteiger partial charge in [-0.25, -0.2) is 0 Å². The maximum absolute atomic E-state index is 12.6. The van der Waals surface area contributed by atoms with Crippen molar-refractivity contribution in [1.29, 1.82) is 0 Å². The zero-order chi connectivity index (χ0) is 15.2. The molecule has 1 aromatic rings. The molecule has 21 heavy (non-hydrogen) atoms. The van der Waals surface area contributed by atoms with Gasteiger partial charge in [-0.05, 0) is 30.5 Å². The van der Waals surface area contributed by atoms with Crippen LogP contribution in [0.25, 0.3) is 0 Å². The maximum atomic E-state index is 12.6. The molecule has 1 N–H and O–H groups in total. The first kappa shape index (κ1) is 15.5. The van der Waals surface area contributed by atoms with Crippen molar-refractivity contribution < 1.29 is 19.4 Å². The Morgan fingerprint density at radius 3 is 2.38 bits per heavy atom. The highest BCUT2D eigenvalue weighted by molar-refractivity contribution is 5.96. The Balaban J connectivity index is 2.14. The van der Waals surface area contributed by atoms with Gasteiger partial charge >= 0.3 is 5.97 Å². The minimum Gasteiger partial charge on any atom is -0.480 e. The van der Waals surface area contributed by atoms with E-state index in [-0.39, 0.29) is 18.5 Å². The molecule has 2 rings (SSSR count). The van der Waals surface area contributed by atoms with Gasteiger partial charge in [-0.15, -0.1) is 0 Å². The normalized spacial score (nSPS) is 15.1. The zero-order valence-corrected chi connectivity index (χ0v) is 12.2. The molecule has 1 amide bonds. The Labute approximate surface area is 124 Å². The molecule has 0 bridgehead atoms. The number of carbonyl (C=O) groups excluding carboxylic acids is 1. The van der Waals surface area contributed by atoms with Crippen LogP contribution in [0.4, 0.5) is 0 Å². The number of nitrogens with zero attached hydrogens (tertiary/aromatic N) is 1. The minimum atomic E-state index is -0.966. The first-order chi connectivity index (χ1) is 10.1. The summed E-state index contributed by atoms with van der Waals surface area (Å²) in [7, 11) is 1.62. The fourth-order valence-corrected chi connectivity index (χ4v) is 2.80. The molecule has 1 aliphatic rings. The molecule has 0 aromatic heterocycles. The van der Waals surface area contributed by atoms with E-state index in [1.165, 1.54) is 4.90 Å². The van der Waals surface area contributed by atoms with Crippen LogP contribution in [0.2, 0.25) is 0 Å². The first-order valence-electron chi connectivity index (χ1n) is 7.22. The summed E-state index contributed by atoms with van der Waals surface area (Å²) >= 11 is 0. The smallest absolute Gasteiger partial charge is 0.323 e. The monoisotopic (exact) mass is 291 g/mol. The second kappa shape index (κ2) is 7.22. The molecule has 114 valence electrons. The zero-order valence-electron chi connectivity index (χ0n) is 12.2. The van der Waals surface area contributed by atoms with Gasteiger partial charge in [0, 0.05) is 18.7 Å². The fraction of sp³-hybridized carbons (Fsp3) is 0.500. The number of carbonyl (C=O) groups is 2. The Kier molecular flexibility index (Phi) is 5.33. The van der Waals surface area contributed by atoms with Crippen molar-refractivity contribution in [1.82, 2.24) is 4.90 Å². The summed E-state index contributed by atoms with van der Waals surface area (Å²) in [5, 5.41) is 9.04. The molecule has 1 aromatic carbocycles. The third-order valence-electron chi connectivity index (χ3n) is 3.84. The van der Waals surface area contributed by atoms with Crippen molar-refractivity contribution in [2.75, 3.05) is 13.7 Å². The lowest BCUT2D eigenvalue weighted by Crippen LogP contribution is -2.42. The van der Waals surface area contributed by atoms with Crippen LogP contribution in [0, 0.1) is 0 Å². The second-order valence-electron chi connectivity index (χ2n) is 5.40. The van der Waals surface area contributed by atoms with E-state index in [0.29, 0.717) is 12.2 Å². The van der Waals surface area contributed by atoms with Crippen LogP contribution >= 0.6 is 0 Å². The van der Waals surface area contributed by atoms with E-state index in [0.717, 1.165) is 31.2 Å². The number of ether oxygens (including phenoxy) is 1. The number of hydrogen-bond acceptors (Lipinski definition) is 3. The van der Waals surface area contributed by atoms with Gasteiger partial charge in [0.2, 0.25) is 0 Å². The minimum absolute atomic E-state index is 0.0484. The fourth-order valence-electron chi connectivity index (χ4n) is 2.80. The van der Waals surface area contributed by atoms with E-state index < -0.39 is 5.97 Å². The molecule has 1 aliphatic carbocycles. The van der Waals surface area contributed by atoms with Crippen molar-refractivity contribution in [3.8, 4) is 0 Å². The number of carboxylic acid groups (broad SMARTS) is 1. The van der Waals surface area contributed by atoms with Crippen LogP contribution in [-0.4, -0.2) is 41.6 Å². The van der Waals surface area contributed by atoms with E-state index in [1.54, 1.807) is 19.2 Å². The molecular formula is C16H21NO4. The van der Waals surface area contributed by atoms with Crippen molar-refractivity contribution in [3.63, 3.8) is 0 Å². The van der Waals surface area contributed by atoms with Crippen molar-refractivity contribution in [2.45, 2.75) is 38.3 Å². The molecule has 5 heteroatoms. The highest BCUT2D eigenvalue weighted by atomic mass is 16.5. The van der Waals surface area contributed by atoms with E-state index in [2.05, 4.69) is 0 Å². The standard InChI is InChI=1S/C16H21NO4/c1-21-11-12-6-8-13(9-7-12)16(20)17(10-15(18)19)14-4-2-3-5-14/h6-9,14H,2-5,10-11H2,1H3,(H,18,19). The number of hydrogen-bond donors (Lipinski definition) is 1. The Morgan fingerprint density at radius 2 is 1.86 bits per heavy atom. The van der Waals surface area contributed by atoms with Crippen LogP contribution in [-0.2, 0) is 16.1 Å². The van der Waals surface area contributed by atoms with Crippen LogP contribution in [0.3, 0.4) is 0 Å². The number of amides is 1. The SMILES string of the molecule is COCc1ccc(C(=O)N(CC(=O)O)C2CCCC2)cc1. The van der Waals surface area contributed by atoms with E-state index in [4.69, 9.17) is 9.84 Å². The lowest BCUT2D eigenvalue weighted by atomic mass is 10.1. The number of aliphatic carboxylic acids is 1. The maximum Gasteiger partial charge on any atom is 0.323 e. The van der Waals surface area contributed by atoms with Gasteiger partial charge in [0.15, 0.2) is 0 Å². The van der Waals surface area contributed by atoms with E-state index in [1.807, 2.05) is 12.1 Å². The van der Waals surface area contributed by atoms with Crippen LogP contribution in [0.1, 0.15) is 41.6 Å². The van der Waals surface area contributed by atoms with Crippen LogP contribution in [0.15, 0.2) is 24.3 Å². The molecule has 1 fully saturated rings. The second-order valence-corrected chi connectivity index (χ2v) is 5.40. The first-order valence-corrected chi connectivity index (χ1v) is 7.22. The Morgan fingerprint density at radius 1 is 1.24 bits per heavy atom. The molecule has 0 aliphatic heterocycles. The largest absolute Gasteiger partial charge is 0.480 e. The van der Waals surface area contributed by atoms with Gasteiger partial charge in [0.25, 0.3) is 5.91 Å². The van der Waals surface area contributed by atoms with Gasteiger partial charge in [-0.1, -0.05) is 25.0 Å². The van der Waals surface area contributed by atoms with Crippen molar-refractivity contribution in [3.05, 3.63) is 35.4 Å². The summed E-state index contributed by atoms with van der Waals surface area (Å²) in [6.45, 7) is 0.263. The summed E-state index contributed by atoms with van der Waals surface area (Å²) in [6.07, 6.45) is 3.89. The molecule has 0 heterocycles. The lowest BCUT2D eigenvalue weighted by molar-refractivity contribution is -0.138. The Hall–Kier alpha value is -1.88. The van der Waals surface area contributed by atoms with Crippen LogP contribution in [0.5, 0.6) is 0 Å². The number of methoxy groups -OCH3 is 1. The van der Waals surface area contributed by atoms with E-state index in [9.17, 15) is 9.59 Å². The molecule has 5 nitrogen and oxygen atoms in total. The molecule has 0 saturated heterocycles. The average Bonchev–Trinajstić information content (AvgIpc) is 2.99. The highest BCUT2D eigenvalue weighted by Gasteiger charge is 2.28. The van der Waals surface area contributed by atoms with Gasteiger partial charge in [-0.2, -0.15) is 0 Å². The highest BCUT2D eigenvalue weighted by Crippen LogP contribution is 2.25. The summed E-state index contributed by atoms with van der Waals surface area (Å²) in [5.41, 5.74) is 1.52. The average molecular weight is 291 g/mol. The van der Waals surface area contributed by atoms with Crippen LogP contribution < -0.4 is 0 Å². The molecular weight excluding hydrogens is 270 g/mol. The molecule has 1 saturated carbocycles. The number of carboxylic acids is 1. The van der Waals surface area contributed by atoms with Crippen molar-refractivity contribution >= 4 is 11.9 Å². The third kappa shape index (κ3) is 4.04. The van der Waals surface area contributed by atoms with Crippen molar-refractivity contribution in [2.24, 2.45) is 0 Å². The summed E-state index contributed by atoms with van der Waals surface area (Å²) in [4.78, 5) is 25.1. The lowest BCUT2D eigenvalue weighted by Gasteiger charge is -2.27.